The highest BCUT2D eigenvalue weighted by atomic mass is 16.2. The Bertz CT molecular complexity index is 662. The average Bonchev–Trinajstić information content (AvgIpc) is 2.90. The fraction of sp³-hybridized carbons (Fsp3) is 0.550. The monoisotopic (exact) mass is 357 g/mol. The summed E-state index contributed by atoms with van der Waals surface area (Å²) < 4.78 is 0. The van der Waals surface area contributed by atoms with Crippen LogP contribution in [0.3, 0.4) is 0 Å². The summed E-state index contributed by atoms with van der Waals surface area (Å²) in [6.45, 7) is 1.94. The number of nitrogens with one attached hydrogen (secondary N) is 2. The second kappa shape index (κ2) is 8.34. The minimum atomic E-state index is -0.552. The first kappa shape index (κ1) is 18.4. The van der Waals surface area contributed by atoms with Crippen molar-refractivity contribution in [2.24, 2.45) is 5.92 Å². The van der Waals surface area contributed by atoms with E-state index in [1.807, 2.05) is 30.3 Å². The van der Waals surface area contributed by atoms with E-state index >= 15 is 0 Å². The number of carbonyl (C=O) groups excluding carboxylic acids is 3. The Morgan fingerprint density at radius 3 is 2.65 bits per heavy atom. The maximum atomic E-state index is 12.5. The Balaban J connectivity index is 1.51. The van der Waals surface area contributed by atoms with E-state index in [1.54, 1.807) is 0 Å². The first-order valence-electron chi connectivity index (χ1n) is 9.50. The van der Waals surface area contributed by atoms with Gasteiger partial charge in [0.25, 0.3) is 5.91 Å². The molecule has 1 saturated carbocycles. The molecular weight excluding hydrogens is 330 g/mol. The van der Waals surface area contributed by atoms with Crippen LogP contribution in [0.4, 0.5) is 4.79 Å². The number of rotatable bonds is 6. The molecule has 3 unspecified atom stereocenters. The van der Waals surface area contributed by atoms with Crippen molar-refractivity contribution in [2.75, 3.05) is 6.54 Å². The Morgan fingerprint density at radius 1 is 1.19 bits per heavy atom. The molecule has 3 atom stereocenters. The number of carbonyl (C=O) groups is 3. The lowest BCUT2D eigenvalue weighted by Crippen LogP contribution is -2.47. The molecular formula is C20H27N3O3. The van der Waals surface area contributed by atoms with Crippen LogP contribution in [-0.4, -0.2) is 41.4 Å². The van der Waals surface area contributed by atoms with E-state index in [0.29, 0.717) is 18.8 Å². The third-order valence-electron chi connectivity index (χ3n) is 5.43. The van der Waals surface area contributed by atoms with Gasteiger partial charge in [-0.3, -0.25) is 14.5 Å². The van der Waals surface area contributed by atoms with Gasteiger partial charge in [-0.15, -0.1) is 0 Å². The van der Waals surface area contributed by atoms with Crippen LogP contribution in [0.5, 0.6) is 0 Å². The molecule has 1 saturated heterocycles. The smallest absolute Gasteiger partial charge is 0.325 e. The molecule has 2 fully saturated rings. The topological polar surface area (TPSA) is 78.5 Å². The highest BCUT2D eigenvalue weighted by molar-refractivity contribution is 6.06. The van der Waals surface area contributed by atoms with Crippen LogP contribution in [0.15, 0.2) is 30.3 Å². The van der Waals surface area contributed by atoms with Crippen molar-refractivity contribution < 1.29 is 14.4 Å². The minimum absolute atomic E-state index is 0.144. The van der Waals surface area contributed by atoms with Crippen LogP contribution < -0.4 is 10.6 Å². The molecule has 1 aliphatic carbocycles. The summed E-state index contributed by atoms with van der Waals surface area (Å²) in [6.07, 6.45) is 5.62. The number of aryl methyl sites for hydroxylation is 1. The summed E-state index contributed by atoms with van der Waals surface area (Å²) in [4.78, 5) is 37.9. The molecule has 3 rings (SSSR count). The zero-order valence-electron chi connectivity index (χ0n) is 15.2. The van der Waals surface area contributed by atoms with Crippen molar-refractivity contribution in [1.29, 1.82) is 0 Å². The number of amides is 4. The average molecular weight is 357 g/mol. The maximum absolute atomic E-state index is 12.5. The molecule has 0 aromatic heterocycles. The van der Waals surface area contributed by atoms with Gasteiger partial charge in [0.2, 0.25) is 5.91 Å². The summed E-state index contributed by atoms with van der Waals surface area (Å²) >= 11 is 0. The van der Waals surface area contributed by atoms with Crippen LogP contribution in [0.1, 0.15) is 44.6 Å². The standard InChI is InChI=1S/C20H27N3O3/c1-14-7-5-6-10-16(14)21-18(24)13-23-19(25)17(22-20(23)26)12-11-15-8-3-2-4-9-15/h2-4,8-9,14,16-17H,5-7,10-13H2,1H3,(H,21,24)(H,22,26). The molecule has 1 aromatic rings. The van der Waals surface area contributed by atoms with Gasteiger partial charge >= 0.3 is 6.03 Å². The maximum Gasteiger partial charge on any atom is 0.325 e. The largest absolute Gasteiger partial charge is 0.352 e. The minimum Gasteiger partial charge on any atom is -0.352 e. The third-order valence-corrected chi connectivity index (χ3v) is 5.43. The highest BCUT2D eigenvalue weighted by Gasteiger charge is 2.38. The molecule has 6 nitrogen and oxygen atoms in total. The van der Waals surface area contributed by atoms with E-state index < -0.39 is 12.1 Å². The third kappa shape index (κ3) is 4.42. The van der Waals surface area contributed by atoms with Gasteiger partial charge in [-0.25, -0.2) is 4.79 Å². The lowest BCUT2D eigenvalue weighted by atomic mass is 9.86. The van der Waals surface area contributed by atoms with Gasteiger partial charge in [0, 0.05) is 6.04 Å². The van der Waals surface area contributed by atoms with Crippen molar-refractivity contribution in [3.63, 3.8) is 0 Å². The van der Waals surface area contributed by atoms with E-state index in [0.717, 1.165) is 29.7 Å². The van der Waals surface area contributed by atoms with Gasteiger partial charge in [0.15, 0.2) is 0 Å². The Kier molecular flexibility index (Phi) is 5.91. The van der Waals surface area contributed by atoms with Gasteiger partial charge in [-0.1, -0.05) is 50.1 Å². The van der Waals surface area contributed by atoms with E-state index in [-0.39, 0.29) is 24.4 Å². The molecule has 0 bridgehead atoms. The molecule has 26 heavy (non-hydrogen) atoms. The van der Waals surface area contributed by atoms with Crippen molar-refractivity contribution in [3.8, 4) is 0 Å². The molecule has 140 valence electrons. The second-order valence-corrected chi connectivity index (χ2v) is 7.39. The van der Waals surface area contributed by atoms with Gasteiger partial charge in [-0.2, -0.15) is 0 Å². The number of nitrogens with zero attached hydrogens (tertiary/aromatic N) is 1. The molecule has 4 amide bonds. The van der Waals surface area contributed by atoms with Gasteiger partial charge in [-0.05, 0) is 37.2 Å². The molecule has 1 aromatic carbocycles. The quantitative estimate of drug-likeness (QED) is 0.767. The number of hydrogen-bond donors (Lipinski definition) is 2. The lowest BCUT2D eigenvalue weighted by Gasteiger charge is -2.29. The van der Waals surface area contributed by atoms with Crippen LogP contribution in [0, 0.1) is 5.92 Å². The SMILES string of the molecule is CC1CCCCC1NC(=O)CN1C(=O)NC(CCc2ccccc2)C1=O. The Labute approximate surface area is 154 Å². The van der Waals surface area contributed by atoms with Gasteiger partial charge in [0.1, 0.15) is 12.6 Å². The zero-order chi connectivity index (χ0) is 18.5. The van der Waals surface area contributed by atoms with Gasteiger partial charge < -0.3 is 10.6 Å². The predicted octanol–water partition coefficient (Wildman–Crippen LogP) is 2.23. The molecule has 6 heteroatoms. The summed E-state index contributed by atoms with van der Waals surface area (Å²) in [5.41, 5.74) is 1.12. The zero-order valence-corrected chi connectivity index (χ0v) is 15.2. The molecule has 2 aliphatic rings. The van der Waals surface area contributed by atoms with E-state index in [9.17, 15) is 14.4 Å². The summed E-state index contributed by atoms with van der Waals surface area (Å²) in [5, 5.41) is 5.70. The lowest BCUT2D eigenvalue weighted by molar-refractivity contribution is -0.132. The fourth-order valence-electron chi connectivity index (χ4n) is 3.80. The van der Waals surface area contributed by atoms with E-state index in [4.69, 9.17) is 0 Å². The summed E-state index contributed by atoms with van der Waals surface area (Å²) in [5.74, 6) is -0.122. The van der Waals surface area contributed by atoms with Crippen LogP contribution in [0.25, 0.3) is 0 Å². The van der Waals surface area contributed by atoms with Crippen LogP contribution >= 0.6 is 0 Å². The molecule has 1 heterocycles. The molecule has 0 radical (unpaired) electrons. The first-order valence-corrected chi connectivity index (χ1v) is 9.50. The van der Waals surface area contributed by atoms with Crippen molar-refractivity contribution in [3.05, 3.63) is 35.9 Å². The van der Waals surface area contributed by atoms with E-state index in [1.165, 1.54) is 6.42 Å². The molecule has 2 N–H and O–H groups in total. The first-order chi connectivity index (χ1) is 12.5. The number of imide groups is 1. The number of urea groups is 1. The van der Waals surface area contributed by atoms with Crippen LogP contribution in [-0.2, 0) is 16.0 Å². The second-order valence-electron chi connectivity index (χ2n) is 7.39. The Hall–Kier alpha value is -2.37. The summed E-state index contributed by atoms with van der Waals surface area (Å²) in [7, 11) is 0. The fourth-order valence-corrected chi connectivity index (χ4v) is 3.80. The van der Waals surface area contributed by atoms with E-state index in [2.05, 4.69) is 17.6 Å². The number of hydrogen-bond acceptors (Lipinski definition) is 3. The van der Waals surface area contributed by atoms with Crippen molar-refractivity contribution in [2.45, 2.75) is 57.5 Å². The van der Waals surface area contributed by atoms with Gasteiger partial charge in [0.05, 0.1) is 0 Å². The predicted molar refractivity (Wildman–Crippen MR) is 98.4 cm³/mol. The Morgan fingerprint density at radius 2 is 1.92 bits per heavy atom. The normalized spacial score (nSPS) is 25.9. The molecule has 0 spiro atoms. The number of benzene rings is 1. The van der Waals surface area contributed by atoms with Crippen LogP contribution in [0.2, 0.25) is 0 Å². The van der Waals surface area contributed by atoms with Crippen molar-refractivity contribution >= 4 is 17.8 Å². The highest BCUT2D eigenvalue weighted by Crippen LogP contribution is 2.23. The summed E-state index contributed by atoms with van der Waals surface area (Å²) in [6, 6.07) is 8.96. The molecule has 1 aliphatic heterocycles. The van der Waals surface area contributed by atoms with Crippen molar-refractivity contribution in [1.82, 2.24) is 15.5 Å².